The van der Waals surface area contributed by atoms with Crippen LogP contribution in [0.4, 0.5) is 0 Å². The van der Waals surface area contributed by atoms with Gasteiger partial charge in [-0.05, 0) is 18.9 Å². The van der Waals surface area contributed by atoms with Gasteiger partial charge in [0.2, 0.25) is 0 Å². The summed E-state index contributed by atoms with van der Waals surface area (Å²) < 4.78 is 10.9. The Morgan fingerprint density at radius 2 is 2.45 bits per heavy atom. The highest BCUT2D eigenvalue weighted by molar-refractivity contribution is 4.99. The average molecular weight is 154 g/mol. The maximum atomic E-state index is 5.49. The standard InChI is InChI=1S/C9H14O2/c1-3-8(10-5-1)7-9-4-2-6-11-9/h3,9H,1-2,4-7H2. The van der Waals surface area contributed by atoms with Gasteiger partial charge in [0.25, 0.3) is 0 Å². The lowest BCUT2D eigenvalue weighted by Crippen LogP contribution is -2.06. The molecule has 0 aromatic carbocycles. The van der Waals surface area contributed by atoms with Crippen LogP contribution in [0.25, 0.3) is 0 Å². The molecule has 2 rings (SSSR count). The average Bonchev–Trinajstić information content (AvgIpc) is 2.60. The van der Waals surface area contributed by atoms with Crippen LogP contribution in [0.15, 0.2) is 11.8 Å². The normalized spacial score (nSPS) is 30.2. The second-order valence-electron chi connectivity index (χ2n) is 3.15. The molecular weight excluding hydrogens is 140 g/mol. The molecule has 0 bridgehead atoms. The van der Waals surface area contributed by atoms with E-state index in [4.69, 9.17) is 9.47 Å². The van der Waals surface area contributed by atoms with Gasteiger partial charge in [-0.25, -0.2) is 0 Å². The molecule has 1 fully saturated rings. The predicted octanol–water partition coefficient (Wildman–Crippen LogP) is 1.86. The third-order valence-electron chi connectivity index (χ3n) is 2.23. The summed E-state index contributed by atoms with van der Waals surface area (Å²) in [5.74, 6) is 1.15. The Hall–Kier alpha value is -0.500. The van der Waals surface area contributed by atoms with Gasteiger partial charge in [-0.1, -0.05) is 0 Å². The van der Waals surface area contributed by atoms with Crippen molar-refractivity contribution in [3.05, 3.63) is 11.8 Å². The van der Waals surface area contributed by atoms with Gasteiger partial charge in [0, 0.05) is 19.4 Å². The summed E-state index contributed by atoms with van der Waals surface area (Å²) in [6, 6.07) is 0. The van der Waals surface area contributed by atoms with Crippen LogP contribution < -0.4 is 0 Å². The Morgan fingerprint density at radius 1 is 1.45 bits per heavy atom. The summed E-state index contributed by atoms with van der Waals surface area (Å²) in [5.41, 5.74) is 0. The van der Waals surface area contributed by atoms with Gasteiger partial charge in [0.1, 0.15) is 0 Å². The Bertz CT molecular complexity index is 157. The minimum atomic E-state index is 0.444. The van der Waals surface area contributed by atoms with E-state index in [1.54, 1.807) is 0 Å². The van der Waals surface area contributed by atoms with E-state index >= 15 is 0 Å². The molecule has 0 spiro atoms. The van der Waals surface area contributed by atoms with Crippen molar-refractivity contribution in [2.75, 3.05) is 13.2 Å². The molecule has 1 atom stereocenters. The summed E-state index contributed by atoms with van der Waals surface area (Å²) in [7, 11) is 0. The Labute approximate surface area is 67.2 Å². The summed E-state index contributed by atoms with van der Waals surface area (Å²) in [5, 5.41) is 0. The molecule has 1 saturated heterocycles. The molecule has 0 N–H and O–H groups in total. The second kappa shape index (κ2) is 3.26. The van der Waals surface area contributed by atoms with Crippen LogP contribution in [0.3, 0.4) is 0 Å². The molecule has 2 heteroatoms. The van der Waals surface area contributed by atoms with Crippen molar-refractivity contribution in [2.24, 2.45) is 0 Å². The fraction of sp³-hybridized carbons (Fsp3) is 0.778. The molecule has 0 radical (unpaired) electrons. The van der Waals surface area contributed by atoms with Crippen molar-refractivity contribution in [3.8, 4) is 0 Å². The summed E-state index contributed by atoms with van der Waals surface area (Å²) >= 11 is 0. The molecule has 0 aliphatic carbocycles. The highest BCUT2D eigenvalue weighted by Crippen LogP contribution is 2.22. The van der Waals surface area contributed by atoms with Gasteiger partial charge in [0.05, 0.1) is 18.5 Å². The zero-order valence-corrected chi connectivity index (χ0v) is 6.71. The van der Waals surface area contributed by atoms with Crippen molar-refractivity contribution in [3.63, 3.8) is 0 Å². The molecule has 2 nitrogen and oxygen atoms in total. The fourth-order valence-electron chi connectivity index (χ4n) is 1.64. The number of rotatable bonds is 2. The molecule has 0 saturated carbocycles. The van der Waals surface area contributed by atoms with Crippen LogP contribution >= 0.6 is 0 Å². The molecule has 2 heterocycles. The van der Waals surface area contributed by atoms with Crippen LogP contribution in [0, 0.1) is 0 Å². The van der Waals surface area contributed by atoms with Crippen LogP contribution in [-0.4, -0.2) is 19.3 Å². The largest absolute Gasteiger partial charge is 0.498 e. The first kappa shape index (κ1) is 7.17. The maximum absolute atomic E-state index is 5.49. The first-order valence-electron chi connectivity index (χ1n) is 4.38. The number of hydrogen-bond acceptors (Lipinski definition) is 2. The lowest BCUT2D eigenvalue weighted by Gasteiger charge is -2.09. The van der Waals surface area contributed by atoms with Gasteiger partial charge in [-0.3, -0.25) is 0 Å². The molecular formula is C9H14O2. The fourth-order valence-corrected chi connectivity index (χ4v) is 1.64. The van der Waals surface area contributed by atoms with Gasteiger partial charge in [-0.2, -0.15) is 0 Å². The highest BCUT2D eigenvalue weighted by Gasteiger charge is 2.18. The number of hydrogen-bond donors (Lipinski definition) is 0. The lowest BCUT2D eigenvalue weighted by molar-refractivity contribution is 0.0948. The molecule has 2 aliphatic heterocycles. The molecule has 11 heavy (non-hydrogen) atoms. The van der Waals surface area contributed by atoms with E-state index in [2.05, 4.69) is 6.08 Å². The SMILES string of the molecule is C1=C(CC2CCCO2)OCC1. The third kappa shape index (κ3) is 1.74. The van der Waals surface area contributed by atoms with E-state index in [1.807, 2.05) is 0 Å². The number of ether oxygens (including phenoxy) is 2. The third-order valence-corrected chi connectivity index (χ3v) is 2.23. The minimum Gasteiger partial charge on any atom is -0.498 e. The van der Waals surface area contributed by atoms with Gasteiger partial charge in [-0.15, -0.1) is 0 Å². The molecule has 0 amide bonds. The Morgan fingerprint density at radius 3 is 3.09 bits per heavy atom. The first-order chi connectivity index (χ1) is 5.45. The van der Waals surface area contributed by atoms with Crippen molar-refractivity contribution >= 4 is 0 Å². The highest BCUT2D eigenvalue weighted by atomic mass is 16.5. The summed E-state index contributed by atoms with van der Waals surface area (Å²) in [6.07, 6.45) is 7.14. The van der Waals surface area contributed by atoms with E-state index in [0.717, 1.165) is 31.8 Å². The van der Waals surface area contributed by atoms with Crippen molar-refractivity contribution in [2.45, 2.75) is 31.8 Å². The maximum Gasteiger partial charge on any atom is 0.0947 e. The van der Waals surface area contributed by atoms with Crippen molar-refractivity contribution in [1.82, 2.24) is 0 Å². The second-order valence-corrected chi connectivity index (χ2v) is 3.15. The Balaban J connectivity index is 1.79. The summed E-state index contributed by atoms with van der Waals surface area (Å²) in [6.45, 7) is 1.82. The van der Waals surface area contributed by atoms with Crippen molar-refractivity contribution < 1.29 is 9.47 Å². The van der Waals surface area contributed by atoms with Gasteiger partial charge in [0.15, 0.2) is 0 Å². The summed E-state index contributed by atoms with van der Waals surface area (Å²) in [4.78, 5) is 0. The van der Waals surface area contributed by atoms with Gasteiger partial charge >= 0.3 is 0 Å². The predicted molar refractivity (Wildman–Crippen MR) is 42.2 cm³/mol. The quantitative estimate of drug-likeness (QED) is 0.604. The van der Waals surface area contributed by atoms with Crippen LogP contribution in [-0.2, 0) is 9.47 Å². The van der Waals surface area contributed by atoms with Crippen LogP contribution in [0.2, 0.25) is 0 Å². The molecule has 1 unspecified atom stereocenters. The smallest absolute Gasteiger partial charge is 0.0947 e. The molecule has 0 aromatic heterocycles. The van der Waals surface area contributed by atoms with E-state index in [1.165, 1.54) is 12.8 Å². The van der Waals surface area contributed by atoms with Gasteiger partial charge < -0.3 is 9.47 Å². The zero-order valence-electron chi connectivity index (χ0n) is 6.71. The van der Waals surface area contributed by atoms with E-state index in [0.29, 0.717) is 6.10 Å². The molecule has 62 valence electrons. The van der Waals surface area contributed by atoms with E-state index in [-0.39, 0.29) is 0 Å². The van der Waals surface area contributed by atoms with Crippen LogP contribution in [0.1, 0.15) is 25.7 Å². The molecule has 2 aliphatic rings. The molecule has 0 aromatic rings. The van der Waals surface area contributed by atoms with Crippen LogP contribution in [0.5, 0.6) is 0 Å². The Kier molecular flexibility index (Phi) is 2.13. The monoisotopic (exact) mass is 154 g/mol. The topological polar surface area (TPSA) is 18.5 Å². The van der Waals surface area contributed by atoms with E-state index < -0.39 is 0 Å². The zero-order chi connectivity index (χ0) is 7.52. The minimum absolute atomic E-state index is 0.444. The van der Waals surface area contributed by atoms with E-state index in [9.17, 15) is 0 Å². The lowest BCUT2D eigenvalue weighted by atomic mass is 10.1. The van der Waals surface area contributed by atoms with Crippen molar-refractivity contribution in [1.29, 1.82) is 0 Å². The first-order valence-corrected chi connectivity index (χ1v) is 4.38.